The van der Waals surface area contributed by atoms with Gasteiger partial charge in [0.2, 0.25) is 0 Å². The van der Waals surface area contributed by atoms with Crippen LogP contribution < -0.4 is 0 Å². The van der Waals surface area contributed by atoms with E-state index in [-0.39, 0.29) is 0 Å². The molecule has 0 radical (unpaired) electrons. The average Bonchev–Trinajstić information content (AvgIpc) is 1.95. The van der Waals surface area contributed by atoms with E-state index in [2.05, 4.69) is 13.8 Å². The van der Waals surface area contributed by atoms with Crippen LogP contribution in [0.2, 0.25) is 0 Å². The summed E-state index contributed by atoms with van der Waals surface area (Å²) in [6, 6.07) is 0. The molecule has 0 heterocycles. The molecule has 1 rings (SSSR count). The van der Waals surface area contributed by atoms with Crippen molar-refractivity contribution in [1.29, 1.82) is 0 Å². The highest BCUT2D eigenvalue weighted by molar-refractivity contribution is 4.95. The van der Waals surface area contributed by atoms with E-state index < -0.39 is 5.60 Å². The summed E-state index contributed by atoms with van der Waals surface area (Å²) >= 11 is 0. The van der Waals surface area contributed by atoms with Crippen molar-refractivity contribution < 1.29 is 9.84 Å². The molecule has 1 aliphatic rings. The van der Waals surface area contributed by atoms with Crippen molar-refractivity contribution in [1.82, 2.24) is 0 Å². The molecule has 1 saturated carbocycles. The number of hydrogen-bond donors (Lipinski definition) is 1. The van der Waals surface area contributed by atoms with Crippen LogP contribution in [-0.4, -0.2) is 23.9 Å². The van der Waals surface area contributed by atoms with Crippen LogP contribution in [0.15, 0.2) is 0 Å². The molecule has 0 spiro atoms. The van der Waals surface area contributed by atoms with Crippen molar-refractivity contribution in [2.75, 3.05) is 13.2 Å². The van der Waals surface area contributed by atoms with Crippen LogP contribution in [0.3, 0.4) is 0 Å². The lowest BCUT2D eigenvalue weighted by Gasteiger charge is -2.45. The summed E-state index contributed by atoms with van der Waals surface area (Å²) in [6.07, 6.45) is 1.84. The summed E-state index contributed by atoms with van der Waals surface area (Å²) in [5, 5.41) is 9.84. The fourth-order valence-corrected chi connectivity index (χ4v) is 1.80. The second-order valence-electron chi connectivity index (χ2n) is 4.27. The molecule has 0 atom stereocenters. The lowest BCUT2D eigenvalue weighted by atomic mass is 9.66. The van der Waals surface area contributed by atoms with E-state index in [0.717, 1.165) is 12.8 Å². The Morgan fingerprint density at radius 2 is 2.08 bits per heavy atom. The summed E-state index contributed by atoms with van der Waals surface area (Å²) < 4.78 is 5.22. The summed E-state index contributed by atoms with van der Waals surface area (Å²) in [6.45, 7) is 7.61. The van der Waals surface area contributed by atoms with Gasteiger partial charge in [0.1, 0.15) is 0 Å². The Hall–Kier alpha value is -0.0800. The Balaban J connectivity index is 2.20. The van der Waals surface area contributed by atoms with Gasteiger partial charge in [-0.25, -0.2) is 0 Å². The molecule has 1 N–H and O–H groups in total. The van der Waals surface area contributed by atoms with Gasteiger partial charge >= 0.3 is 0 Å². The summed E-state index contributed by atoms with van der Waals surface area (Å²) in [7, 11) is 0. The molecule has 0 aliphatic heterocycles. The third-order valence-corrected chi connectivity index (χ3v) is 2.80. The molecular formula is C10H20O2. The largest absolute Gasteiger partial charge is 0.387 e. The molecule has 0 aromatic rings. The second kappa shape index (κ2) is 3.75. The molecule has 0 saturated heterocycles. The molecule has 0 amide bonds. The molecule has 72 valence electrons. The van der Waals surface area contributed by atoms with Crippen LogP contribution in [0.1, 0.15) is 33.6 Å². The van der Waals surface area contributed by atoms with Crippen molar-refractivity contribution in [3.05, 3.63) is 0 Å². The van der Waals surface area contributed by atoms with Crippen LogP contribution in [0, 0.1) is 11.8 Å². The summed E-state index contributed by atoms with van der Waals surface area (Å²) in [4.78, 5) is 0. The molecule has 0 unspecified atom stereocenters. The lowest BCUT2D eigenvalue weighted by Crippen LogP contribution is -2.49. The average molecular weight is 172 g/mol. The topological polar surface area (TPSA) is 29.5 Å². The van der Waals surface area contributed by atoms with Gasteiger partial charge < -0.3 is 9.84 Å². The minimum atomic E-state index is -0.495. The number of aliphatic hydroxyl groups is 1. The standard InChI is InChI=1S/C10H20O2/c1-4-12-7-10(11)5-9(6-10)8(2)3/h8-9,11H,4-7H2,1-3H3. The molecule has 12 heavy (non-hydrogen) atoms. The van der Waals surface area contributed by atoms with Crippen molar-refractivity contribution >= 4 is 0 Å². The van der Waals surface area contributed by atoms with Gasteiger partial charge in [-0.05, 0) is 31.6 Å². The van der Waals surface area contributed by atoms with E-state index in [1.165, 1.54) is 0 Å². The summed E-state index contributed by atoms with van der Waals surface area (Å²) in [5.41, 5.74) is -0.495. The smallest absolute Gasteiger partial charge is 0.0885 e. The molecular weight excluding hydrogens is 152 g/mol. The number of ether oxygens (including phenoxy) is 1. The second-order valence-corrected chi connectivity index (χ2v) is 4.27. The van der Waals surface area contributed by atoms with Crippen molar-refractivity contribution in [2.24, 2.45) is 11.8 Å². The highest BCUT2D eigenvalue weighted by Gasteiger charge is 2.43. The van der Waals surface area contributed by atoms with Crippen molar-refractivity contribution in [3.8, 4) is 0 Å². The fraction of sp³-hybridized carbons (Fsp3) is 1.00. The van der Waals surface area contributed by atoms with Gasteiger partial charge in [0, 0.05) is 6.61 Å². The van der Waals surface area contributed by atoms with Crippen LogP contribution in [0.5, 0.6) is 0 Å². The van der Waals surface area contributed by atoms with Crippen LogP contribution in [-0.2, 0) is 4.74 Å². The van der Waals surface area contributed by atoms with E-state index in [0.29, 0.717) is 25.0 Å². The first-order valence-electron chi connectivity index (χ1n) is 4.87. The van der Waals surface area contributed by atoms with Crippen LogP contribution in [0.4, 0.5) is 0 Å². The van der Waals surface area contributed by atoms with Gasteiger partial charge in [0.25, 0.3) is 0 Å². The molecule has 1 aliphatic carbocycles. The maximum Gasteiger partial charge on any atom is 0.0885 e. The Morgan fingerprint density at radius 3 is 2.50 bits per heavy atom. The van der Waals surface area contributed by atoms with Crippen LogP contribution >= 0.6 is 0 Å². The predicted molar refractivity (Wildman–Crippen MR) is 49.0 cm³/mol. The highest BCUT2D eigenvalue weighted by Crippen LogP contribution is 2.42. The minimum absolute atomic E-state index is 0.495. The molecule has 2 heteroatoms. The van der Waals surface area contributed by atoms with Gasteiger partial charge in [-0.2, -0.15) is 0 Å². The normalized spacial score (nSPS) is 35.2. The molecule has 0 aromatic carbocycles. The van der Waals surface area contributed by atoms with Gasteiger partial charge in [0.15, 0.2) is 0 Å². The lowest BCUT2D eigenvalue weighted by molar-refractivity contribution is -0.132. The molecule has 2 nitrogen and oxygen atoms in total. The van der Waals surface area contributed by atoms with E-state index in [9.17, 15) is 5.11 Å². The van der Waals surface area contributed by atoms with E-state index in [4.69, 9.17) is 4.74 Å². The Kier molecular flexibility index (Phi) is 3.13. The molecule has 0 aromatic heterocycles. The van der Waals surface area contributed by atoms with Gasteiger partial charge in [0.05, 0.1) is 12.2 Å². The molecule has 0 bridgehead atoms. The SMILES string of the molecule is CCOCC1(O)CC(C(C)C)C1. The van der Waals surface area contributed by atoms with Gasteiger partial charge in [-0.3, -0.25) is 0 Å². The fourth-order valence-electron chi connectivity index (χ4n) is 1.80. The summed E-state index contributed by atoms with van der Waals surface area (Å²) in [5.74, 6) is 1.40. The van der Waals surface area contributed by atoms with Gasteiger partial charge in [-0.1, -0.05) is 13.8 Å². The van der Waals surface area contributed by atoms with Crippen molar-refractivity contribution in [2.45, 2.75) is 39.2 Å². The predicted octanol–water partition coefficient (Wildman–Crippen LogP) is 1.82. The van der Waals surface area contributed by atoms with Crippen LogP contribution in [0.25, 0.3) is 0 Å². The zero-order valence-electron chi connectivity index (χ0n) is 8.34. The first kappa shape index (κ1) is 10.0. The molecule has 1 fully saturated rings. The van der Waals surface area contributed by atoms with Gasteiger partial charge in [-0.15, -0.1) is 0 Å². The van der Waals surface area contributed by atoms with E-state index in [1.54, 1.807) is 0 Å². The zero-order chi connectivity index (χ0) is 9.19. The van der Waals surface area contributed by atoms with Crippen molar-refractivity contribution in [3.63, 3.8) is 0 Å². The number of hydrogen-bond acceptors (Lipinski definition) is 2. The Bertz CT molecular complexity index is 137. The minimum Gasteiger partial charge on any atom is -0.387 e. The monoisotopic (exact) mass is 172 g/mol. The zero-order valence-corrected chi connectivity index (χ0v) is 8.34. The first-order valence-corrected chi connectivity index (χ1v) is 4.87. The van der Waals surface area contributed by atoms with E-state index in [1.807, 2.05) is 6.92 Å². The first-order chi connectivity index (χ1) is 5.57. The number of rotatable bonds is 4. The third kappa shape index (κ3) is 2.20. The Labute approximate surface area is 74.9 Å². The Morgan fingerprint density at radius 1 is 1.50 bits per heavy atom. The highest BCUT2D eigenvalue weighted by atomic mass is 16.5. The quantitative estimate of drug-likeness (QED) is 0.701. The third-order valence-electron chi connectivity index (χ3n) is 2.80. The maximum absolute atomic E-state index is 9.84. The van der Waals surface area contributed by atoms with E-state index >= 15 is 0 Å². The maximum atomic E-state index is 9.84.